The van der Waals surface area contributed by atoms with E-state index in [1.54, 1.807) is 0 Å². The van der Waals surface area contributed by atoms with Crippen LogP contribution in [0.25, 0.3) is 0 Å². The molecule has 19 heavy (non-hydrogen) atoms. The summed E-state index contributed by atoms with van der Waals surface area (Å²) >= 11 is 0. The van der Waals surface area contributed by atoms with Crippen LogP contribution in [0.4, 0.5) is 0 Å². The molecular weight excluding hydrogens is 238 g/mol. The van der Waals surface area contributed by atoms with Crippen molar-refractivity contribution in [2.24, 2.45) is 5.73 Å². The van der Waals surface area contributed by atoms with Gasteiger partial charge in [0.05, 0.1) is 17.8 Å². The fourth-order valence-corrected chi connectivity index (χ4v) is 2.83. The van der Waals surface area contributed by atoms with Gasteiger partial charge in [-0.2, -0.15) is 5.10 Å². The second-order valence-corrected chi connectivity index (χ2v) is 5.61. The van der Waals surface area contributed by atoms with Crippen molar-refractivity contribution < 1.29 is 4.74 Å². The molecule has 0 radical (unpaired) electrons. The minimum Gasteiger partial charge on any atom is -0.377 e. The highest BCUT2D eigenvalue weighted by Gasteiger charge is 2.18. The Kier molecular flexibility index (Phi) is 5.40. The normalized spacial score (nSPS) is 20.4. The van der Waals surface area contributed by atoms with Gasteiger partial charge in [0.25, 0.3) is 0 Å². The van der Waals surface area contributed by atoms with Gasteiger partial charge in [-0.15, -0.1) is 0 Å². The Labute approximate surface area is 116 Å². The number of nitrogens with zero attached hydrogens (tertiary/aromatic N) is 2. The highest BCUT2D eigenvalue weighted by atomic mass is 16.5. The summed E-state index contributed by atoms with van der Waals surface area (Å²) in [5, 5.41) is 4.70. The molecule has 2 atom stereocenters. The van der Waals surface area contributed by atoms with Crippen LogP contribution in [0.1, 0.15) is 57.7 Å². The smallest absolute Gasteiger partial charge is 0.0701 e. The van der Waals surface area contributed by atoms with Crippen molar-refractivity contribution in [1.82, 2.24) is 9.78 Å². The summed E-state index contributed by atoms with van der Waals surface area (Å²) in [6.45, 7) is 4.75. The molecule has 2 rings (SSSR count). The number of hydrogen-bond donors (Lipinski definition) is 1. The second kappa shape index (κ2) is 7.06. The van der Waals surface area contributed by atoms with Crippen molar-refractivity contribution in [3.8, 4) is 0 Å². The maximum Gasteiger partial charge on any atom is 0.0701 e. The lowest BCUT2D eigenvalue weighted by atomic mass is 9.96. The summed E-state index contributed by atoms with van der Waals surface area (Å²) in [7, 11) is 0. The molecular formula is C15H27N3O. The summed E-state index contributed by atoms with van der Waals surface area (Å²) in [6.07, 6.45) is 9.57. The van der Waals surface area contributed by atoms with Gasteiger partial charge in [-0.05, 0) is 32.8 Å². The highest BCUT2D eigenvalue weighted by molar-refractivity contribution is 5.03. The van der Waals surface area contributed by atoms with Crippen LogP contribution >= 0.6 is 0 Å². The molecule has 0 amide bonds. The summed E-state index contributed by atoms with van der Waals surface area (Å²) in [5.41, 5.74) is 7.24. The predicted molar refractivity (Wildman–Crippen MR) is 77.1 cm³/mol. The van der Waals surface area contributed by atoms with Crippen molar-refractivity contribution in [3.63, 3.8) is 0 Å². The monoisotopic (exact) mass is 265 g/mol. The molecule has 4 nitrogen and oxygen atoms in total. The van der Waals surface area contributed by atoms with Gasteiger partial charge in [0.15, 0.2) is 0 Å². The van der Waals surface area contributed by atoms with Gasteiger partial charge in [0.1, 0.15) is 0 Å². The Bertz CT molecular complexity index is 371. The molecule has 4 heteroatoms. The first kappa shape index (κ1) is 14.5. The minimum atomic E-state index is 0.0228. The molecule has 2 N–H and O–H groups in total. The van der Waals surface area contributed by atoms with Crippen LogP contribution in [-0.4, -0.2) is 28.5 Å². The third kappa shape index (κ3) is 4.05. The first-order chi connectivity index (χ1) is 9.20. The van der Waals surface area contributed by atoms with E-state index >= 15 is 0 Å². The van der Waals surface area contributed by atoms with Crippen molar-refractivity contribution in [2.45, 2.75) is 70.6 Å². The van der Waals surface area contributed by atoms with E-state index in [4.69, 9.17) is 15.6 Å². The number of ether oxygens (including phenoxy) is 1. The van der Waals surface area contributed by atoms with E-state index in [9.17, 15) is 0 Å². The second-order valence-electron chi connectivity index (χ2n) is 5.61. The summed E-state index contributed by atoms with van der Waals surface area (Å²) in [4.78, 5) is 0. The topological polar surface area (TPSA) is 53.1 Å². The van der Waals surface area contributed by atoms with Gasteiger partial charge in [0.2, 0.25) is 0 Å². The zero-order valence-electron chi connectivity index (χ0n) is 12.2. The molecule has 1 aliphatic carbocycles. The lowest BCUT2D eigenvalue weighted by molar-refractivity contribution is 0.0574. The van der Waals surface area contributed by atoms with E-state index in [1.165, 1.54) is 32.1 Å². The van der Waals surface area contributed by atoms with Crippen LogP contribution in [0.2, 0.25) is 0 Å². The molecule has 1 fully saturated rings. The van der Waals surface area contributed by atoms with E-state index in [2.05, 4.69) is 16.9 Å². The van der Waals surface area contributed by atoms with Crippen LogP contribution in [0.5, 0.6) is 0 Å². The van der Waals surface area contributed by atoms with Gasteiger partial charge in [0, 0.05) is 25.3 Å². The molecule has 1 saturated carbocycles. The SMILES string of the molecule is CCOC(C)C(N)Cc1ccn(C2CCCCC2)n1. The molecule has 0 aromatic carbocycles. The molecule has 0 aliphatic heterocycles. The first-order valence-electron chi connectivity index (χ1n) is 7.62. The largest absolute Gasteiger partial charge is 0.377 e. The molecule has 1 heterocycles. The third-order valence-corrected chi connectivity index (χ3v) is 4.09. The third-order valence-electron chi connectivity index (χ3n) is 4.09. The van der Waals surface area contributed by atoms with Crippen LogP contribution in [-0.2, 0) is 11.2 Å². The fourth-order valence-electron chi connectivity index (χ4n) is 2.83. The summed E-state index contributed by atoms with van der Waals surface area (Å²) in [6, 6.07) is 2.73. The number of rotatable bonds is 6. The first-order valence-corrected chi connectivity index (χ1v) is 7.62. The van der Waals surface area contributed by atoms with E-state index < -0.39 is 0 Å². The fraction of sp³-hybridized carbons (Fsp3) is 0.800. The zero-order valence-corrected chi connectivity index (χ0v) is 12.2. The Morgan fingerprint density at radius 2 is 2.16 bits per heavy atom. The summed E-state index contributed by atoms with van der Waals surface area (Å²) in [5.74, 6) is 0. The number of hydrogen-bond acceptors (Lipinski definition) is 3. The standard InChI is InChI=1S/C15H27N3O/c1-3-19-12(2)15(16)11-13-9-10-18(17-13)14-7-5-4-6-8-14/h9-10,12,14-15H,3-8,11,16H2,1-2H3. The Morgan fingerprint density at radius 3 is 2.84 bits per heavy atom. The van der Waals surface area contributed by atoms with E-state index in [0.717, 1.165) is 12.1 Å². The van der Waals surface area contributed by atoms with Crippen LogP contribution in [0.15, 0.2) is 12.3 Å². The van der Waals surface area contributed by atoms with Gasteiger partial charge < -0.3 is 10.5 Å². The van der Waals surface area contributed by atoms with Crippen molar-refractivity contribution >= 4 is 0 Å². The minimum absolute atomic E-state index is 0.0228. The number of aromatic nitrogens is 2. The van der Waals surface area contributed by atoms with Crippen LogP contribution in [0.3, 0.4) is 0 Å². The molecule has 1 aromatic heterocycles. The molecule has 1 aromatic rings. The number of nitrogens with two attached hydrogens (primary N) is 1. The highest BCUT2D eigenvalue weighted by Crippen LogP contribution is 2.27. The average molecular weight is 265 g/mol. The van der Waals surface area contributed by atoms with Gasteiger partial charge in [-0.1, -0.05) is 19.3 Å². The Morgan fingerprint density at radius 1 is 1.42 bits per heavy atom. The van der Waals surface area contributed by atoms with Crippen molar-refractivity contribution in [3.05, 3.63) is 18.0 Å². The molecule has 0 bridgehead atoms. The molecule has 2 unspecified atom stereocenters. The average Bonchev–Trinajstić information content (AvgIpc) is 2.88. The Balaban J connectivity index is 1.89. The molecule has 108 valence electrons. The lowest BCUT2D eigenvalue weighted by Gasteiger charge is -2.22. The molecule has 0 spiro atoms. The van der Waals surface area contributed by atoms with E-state index in [-0.39, 0.29) is 12.1 Å². The van der Waals surface area contributed by atoms with E-state index in [0.29, 0.717) is 12.6 Å². The molecule has 0 saturated heterocycles. The van der Waals surface area contributed by atoms with Gasteiger partial charge in [-0.3, -0.25) is 4.68 Å². The van der Waals surface area contributed by atoms with Crippen LogP contribution < -0.4 is 5.73 Å². The maximum absolute atomic E-state index is 6.15. The maximum atomic E-state index is 6.15. The zero-order chi connectivity index (χ0) is 13.7. The van der Waals surface area contributed by atoms with Gasteiger partial charge in [-0.25, -0.2) is 0 Å². The Hall–Kier alpha value is -0.870. The van der Waals surface area contributed by atoms with E-state index in [1.807, 2.05) is 13.8 Å². The summed E-state index contributed by atoms with van der Waals surface area (Å²) < 4.78 is 7.68. The van der Waals surface area contributed by atoms with Crippen LogP contribution in [0, 0.1) is 0 Å². The lowest BCUT2D eigenvalue weighted by Crippen LogP contribution is -2.36. The quantitative estimate of drug-likeness (QED) is 0.860. The van der Waals surface area contributed by atoms with Crippen molar-refractivity contribution in [1.29, 1.82) is 0 Å². The van der Waals surface area contributed by atoms with Crippen molar-refractivity contribution in [2.75, 3.05) is 6.61 Å². The predicted octanol–water partition coefficient (Wildman–Crippen LogP) is 2.68. The van der Waals surface area contributed by atoms with Gasteiger partial charge >= 0.3 is 0 Å². The molecule has 1 aliphatic rings.